The van der Waals surface area contributed by atoms with Gasteiger partial charge in [-0.1, -0.05) is 174 Å². The number of aliphatic hydroxyl groups excluding tert-OH is 3. The fourth-order valence-electron chi connectivity index (χ4n) is 7.12. The molecule has 1 aliphatic heterocycles. The van der Waals surface area contributed by atoms with Gasteiger partial charge in [-0.2, -0.15) is 0 Å². The van der Waals surface area contributed by atoms with Gasteiger partial charge in [0.1, 0.15) is 24.4 Å². The van der Waals surface area contributed by atoms with Crippen molar-refractivity contribution in [3.8, 4) is 0 Å². The Morgan fingerprint density at radius 1 is 0.640 bits per heavy atom. The van der Waals surface area contributed by atoms with E-state index in [0.29, 0.717) is 13.0 Å². The molecule has 0 aromatic rings. The molecular formula is C41H81N3O6. The van der Waals surface area contributed by atoms with Crippen molar-refractivity contribution in [1.82, 2.24) is 10.2 Å². The SMILES string of the molecule is CCCCCCCCCCCCCCCCN(C(=O)CCCCCCCCCCCCCCC)[C@@H]1O[C@H](CO)[C@@H](O)[C@H](O)[C@H]1NC(=O)[C@H](C)N. The van der Waals surface area contributed by atoms with Crippen LogP contribution in [-0.4, -0.2) is 81.8 Å². The minimum absolute atomic E-state index is 0.0897. The highest BCUT2D eigenvalue weighted by atomic mass is 16.5. The first-order chi connectivity index (χ1) is 24.3. The van der Waals surface area contributed by atoms with Crippen molar-refractivity contribution in [3.05, 3.63) is 0 Å². The summed E-state index contributed by atoms with van der Waals surface area (Å²) in [5, 5.41) is 34.3. The van der Waals surface area contributed by atoms with Gasteiger partial charge in [-0.15, -0.1) is 0 Å². The van der Waals surface area contributed by atoms with Gasteiger partial charge in [0.25, 0.3) is 0 Å². The molecule has 6 N–H and O–H groups in total. The number of amides is 2. The summed E-state index contributed by atoms with van der Waals surface area (Å²) in [6.07, 6.45) is 28.7. The molecule has 0 spiro atoms. The van der Waals surface area contributed by atoms with E-state index < -0.39 is 49.1 Å². The maximum atomic E-state index is 13.8. The van der Waals surface area contributed by atoms with Gasteiger partial charge in [0.05, 0.1) is 12.6 Å². The van der Waals surface area contributed by atoms with Crippen molar-refractivity contribution in [2.24, 2.45) is 5.73 Å². The van der Waals surface area contributed by atoms with Gasteiger partial charge in [0, 0.05) is 13.0 Å². The molecule has 0 aliphatic carbocycles. The van der Waals surface area contributed by atoms with Gasteiger partial charge in [-0.05, 0) is 19.8 Å². The van der Waals surface area contributed by atoms with Crippen LogP contribution in [0.3, 0.4) is 0 Å². The van der Waals surface area contributed by atoms with Crippen molar-refractivity contribution in [2.45, 2.75) is 237 Å². The van der Waals surface area contributed by atoms with E-state index in [-0.39, 0.29) is 5.91 Å². The van der Waals surface area contributed by atoms with E-state index in [1.807, 2.05) is 0 Å². The molecule has 1 aliphatic rings. The summed E-state index contributed by atoms with van der Waals surface area (Å²) in [5.41, 5.74) is 5.81. The first-order valence-electron chi connectivity index (χ1n) is 21.3. The second-order valence-corrected chi connectivity index (χ2v) is 15.2. The lowest BCUT2D eigenvalue weighted by molar-refractivity contribution is -0.231. The van der Waals surface area contributed by atoms with E-state index in [1.165, 1.54) is 135 Å². The van der Waals surface area contributed by atoms with Gasteiger partial charge in [0.15, 0.2) is 6.23 Å². The fraction of sp³-hybridized carbons (Fsp3) is 0.951. The lowest BCUT2D eigenvalue weighted by Gasteiger charge is -2.47. The maximum absolute atomic E-state index is 13.8. The topological polar surface area (TPSA) is 145 Å². The van der Waals surface area contributed by atoms with Crippen LogP contribution in [0.15, 0.2) is 0 Å². The van der Waals surface area contributed by atoms with Crippen LogP contribution in [0, 0.1) is 0 Å². The number of nitrogens with zero attached hydrogens (tertiary/aromatic N) is 1. The van der Waals surface area contributed by atoms with E-state index in [4.69, 9.17) is 10.5 Å². The van der Waals surface area contributed by atoms with E-state index >= 15 is 0 Å². The average Bonchev–Trinajstić information content (AvgIpc) is 3.10. The Hall–Kier alpha value is -1.26. The summed E-state index contributed by atoms with van der Waals surface area (Å²) in [6, 6.07) is -1.90. The van der Waals surface area contributed by atoms with Crippen LogP contribution in [0.2, 0.25) is 0 Å². The molecule has 0 aromatic heterocycles. The molecule has 0 radical (unpaired) electrons. The van der Waals surface area contributed by atoms with Crippen LogP contribution in [-0.2, 0) is 14.3 Å². The molecular weight excluding hydrogens is 630 g/mol. The monoisotopic (exact) mass is 712 g/mol. The summed E-state index contributed by atoms with van der Waals surface area (Å²) in [5.74, 6) is -0.592. The lowest BCUT2D eigenvalue weighted by atomic mass is 9.94. The van der Waals surface area contributed by atoms with Gasteiger partial charge in [0.2, 0.25) is 11.8 Å². The van der Waals surface area contributed by atoms with E-state index in [2.05, 4.69) is 19.2 Å². The van der Waals surface area contributed by atoms with Crippen molar-refractivity contribution >= 4 is 11.8 Å². The normalized spacial score (nSPS) is 21.3. The van der Waals surface area contributed by atoms with Crippen LogP contribution < -0.4 is 11.1 Å². The molecule has 1 fully saturated rings. The first kappa shape index (κ1) is 46.8. The standard InChI is InChI=1S/C41H81N3O6/c1-4-6-8-10-12-14-16-18-20-22-24-26-28-30-32-44(36(46)31-29-27-25-23-21-19-17-15-13-11-9-7-5-2)41-37(43-40(49)34(3)42)39(48)38(47)35(33-45)50-41/h34-35,37-39,41,45,47-48H,4-33,42H2,1-3H3,(H,43,49)/t34-,35+,37+,38+,39+,41+/m0/s1. The highest BCUT2D eigenvalue weighted by Gasteiger charge is 2.48. The predicted octanol–water partition coefficient (Wildman–Crippen LogP) is 8.05. The van der Waals surface area contributed by atoms with Crippen molar-refractivity contribution in [2.75, 3.05) is 13.2 Å². The molecule has 9 nitrogen and oxygen atoms in total. The van der Waals surface area contributed by atoms with Crippen LogP contribution in [0.1, 0.15) is 201 Å². The van der Waals surface area contributed by atoms with Gasteiger partial charge < -0.3 is 36.0 Å². The van der Waals surface area contributed by atoms with Gasteiger partial charge >= 0.3 is 0 Å². The third-order valence-electron chi connectivity index (χ3n) is 10.5. The molecule has 1 heterocycles. The number of rotatable bonds is 33. The number of ether oxygens (including phenoxy) is 1. The second kappa shape index (κ2) is 31.3. The number of unbranched alkanes of at least 4 members (excludes halogenated alkanes) is 25. The average molecular weight is 712 g/mol. The molecule has 0 saturated carbocycles. The maximum Gasteiger partial charge on any atom is 0.237 e. The summed E-state index contributed by atoms with van der Waals surface area (Å²) in [6.45, 7) is 5.96. The van der Waals surface area contributed by atoms with E-state index in [9.17, 15) is 24.9 Å². The minimum atomic E-state index is -1.42. The molecule has 0 unspecified atom stereocenters. The molecule has 2 amide bonds. The summed E-state index contributed by atoms with van der Waals surface area (Å²) in [7, 11) is 0. The van der Waals surface area contributed by atoms with Gasteiger partial charge in [-0.3, -0.25) is 9.59 Å². The number of nitrogens with two attached hydrogens (primary N) is 1. The molecule has 1 saturated heterocycles. The minimum Gasteiger partial charge on any atom is -0.394 e. The second-order valence-electron chi connectivity index (χ2n) is 15.2. The van der Waals surface area contributed by atoms with Crippen LogP contribution in [0.25, 0.3) is 0 Å². The molecule has 296 valence electrons. The quantitative estimate of drug-likeness (QED) is 0.0433. The molecule has 50 heavy (non-hydrogen) atoms. The first-order valence-corrected chi connectivity index (χ1v) is 21.3. The Balaban J connectivity index is 2.61. The van der Waals surface area contributed by atoms with Crippen molar-refractivity contribution in [3.63, 3.8) is 0 Å². The Kier molecular flexibility index (Phi) is 29.3. The largest absolute Gasteiger partial charge is 0.394 e. The van der Waals surface area contributed by atoms with Crippen LogP contribution >= 0.6 is 0 Å². The molecule has 1 rings (SSSR count). The van der Waals surface area contributed by atoms with Crippen molar-refractivity contribution < 1.29 is 29.6 Å². The third-order valence-corrected chi connectivity index (χ3v) is 10.5. The third kappa shape index (κ3) is 21.3. The zero-order chi connectivity index (χ0) is 36.8. The number of hydrogen-bond donors (Lipinski definition) is 5. The molecule has 0 bridgehead atoms. The highest BCUT2D eigenvalue weighted by Crippen LogP contribution is 2.26. The Morgan fingerprint density at radius 3 is 1.40 bits per heavy atom. The Bertz CT molecular complexity index is 815. The number of aliphatic hydroxyl groups is 3. The van der Waals surface area contributed by atoms with Crippen LogP contribution in [0.5, 0.6) is 0 Å². The van der Waals surface area contributed by atoms with E-state index in [0.717, 1.165) is 38.5 Å². The summed E-state index contributed by atoms with van der Waals surface area (Å²) >= 11 is 0. The smallest absolute Gasteiger partial charge is 0.237 e. The molecule has 0 aromatic carbocycles. The van der Waals surface area contributed by atoms with Gasteiger partial charge in [-0.25, -0.2) is 0 Å². The number of hydrogen-bond acceptors (Lipinski definition) is 7. The fourth-order valence-corrected chi connectivity index (χ4v) is 7.12. The predicted molar refractivity (Wildman–Crippen MR) is 206 cm³/mol. The number of nitrogens with one attached hydrogen (secondary N) is 1. The zero-order valence-corrected chi connectivity index (χ0v) is 32.8. The van der Waals surface area contributed by atoms with E-state index in [1.54, 1.807) is 11.8 Å². The summed E-state index contributed by atoms with van der Waals surface area (Å²) < 4.78 is 6.07. The molecule has 9 heteroatoms. The number of carbonyl (C=O) groups excluding carboxylic acids is 2. The number of carbonyl (C=O) groups is 2. The summed E-state index contributed by atoms with van der Waals surface area (Å²) in [4.78, 5) is 28.0. The Morgan fingerprint density at radius 2 is 1.02 bits per heavy atom. The highest BCUT2D eigenvalue weighted by molar-refractivity contribution is 5.81. The molecule has 6 atom stereocenters. The van der Waals surface area contributed by atoms with Crippen molar-refractivity contribution in [1.29, 1.82) is 0 Å². The Labute approximate surface area is 307 Å². The lowest BCUT2D eigenvalue weighted by Crippen LogP contribution is -2.69. The van der Waals surface area contributed by atoms with Crippen LogP contribution in [0.4, 0.5) is 0 Å². The zero-order valence-electron chi connectivity index (χ0n) is 32.8.